The fourth-order valence-electron chi connectivity index (χ4n) is 2.52. The Hall–Kier alpha value is -1.85. The molecule has 0 amide bonds. The van der Waals surface area contributed by atoms with Crippen LogP contribution < -0.4 is 4.74 Å². The van der Waals surface area contributed by atoms with E-state index < -0.39 is 0 Å². The number of carbonyl (C=O) groups is 1. The van der Waals surface area contributed by atoms with Gasteiger partial charge < -0.3 is 18.9 Å². The van der Waals surface area contributed by atoms with Crippen LogP contribution in [-0.2, 0) is 19.0 Å². The molecule has 2 atom stereocenters. The molecule has 0 spiro atoms. The normalized spacial score (nSPS) is 17.7. The lowest BCUT2D eigenvalue weighted by Gasteiger charge is -2.21. The van der Waals surface area contributed by atoms with E-state index >= 15 is 0 Å². The zero-order chi connectivity index (χ0) is 17.4. The highest BCUT2D eigenvalue weighted by Gasteiger charge is 2.25. The number of rotatable bonds is 10. The van der Waals surface area contributed by atoms with Crippen molar-refractivity contribution in [1.29, 1.82) is 0 Å². The van der Waals surface area contributed by atoms with Crippen LogP contribution in [0.3, 0.4) is 0 Å². The Balaban J connectivity index is 2.25. The third-order valence-corrected chi connectivity index (χ3v) is 3.78. The quantitative estimate of drug-likeness (QED) is 0.372. The van der Waals surface area contributed by atoms with E-state index in [9.17, 15) is 4.79 Å². The van der Waals surface area contributed by atoms with Crippen LogP contribution in [0.5, 0.6) is 5.75 Å². The molecule has 0 radical (unpaired) electrons. The van der Waals surface area contributed by atoms with Gasteiger partial charge in [-0.2, -0.15) is 0 Å². The van der Waals surface area contributed by atoms with Crippen molar-refractivity contribution in [3.63, 3.8) is 0 Å². The summed E-state index contributed by atoms with van der Waals surface area (Å²) >= 11 is 0. The predicted octanol–water partition coefficient (Wildman–Crippen LogP) is 3.53. The average Bonchev–Trinajstić information content (AvgIpc) is 3.41. The molecule has 2 rings (SSSR count). The van der Waals surface area contributed by atoms with E-state index in [0.29, 0.717) is 19.0 Å². The smallest absolute Gasteiger partial charge is 0.330 e. The van der Waals surface area contributed by atoms with E-state index in [4.69, 9.17) is 18.9 Å². The number of hydrogen-bond donors (Lipinski definition) is 0. The zero-order valence-electron chi connectivity index (χ0n) is 14.6. The van der Waals surface area contributed by atoms with Gasteiger partial charge in [-0.1, -0.05) is 25.5 Å². The summed E-state index contributed by atoms with van der Waals surface area (Å²) in [6.07, 6.45) is 5.21. The van der Waals surface area contributed by atoms with Crippen molar-refractivity contribution >= 4 is 12.0 Å². The molecule has 132 valence electrons. The van der Waals surface area contributed by atoms with Gasteiger partial charge in [0, 0.05) is 11.6 Å². The van der Waals surface area contributed by atoms with Crippen molar-refractivity contribution in [1.82, 2.24) is 0 Å². The van der Waals surface area contributed by atoms with Gasteiger partial charge in [0.05, 0.1) is 33.0 Å². The molecule has 1 unspecified atom stereocenters. The molecular formula is C19H26O5. The van der Waals surface area contributed by atoms with Crippen LogP contribution in [-0.4, -0.2) is 39.0 Å². The minimum atomic E-state index is -0.367. The number of ether oxygens (including phenoxy) is 4. The molecule has 0 aromatic heterocycles. The summed E-state index contributed by atoms with van der Waals surface area (Å²) in [7, 11) is 1.62. The largest absolute Gasteiger partial charge is 0.496 e. The molecular weight excluding hydrogens is 308 g/mol. The first-order valence-electron chi connectivity index (χ1n) is 8.44. The van der Waals surface area contributed by atoms with Gasteiger partial charge in [0.25, 0.3) is 0 Å². The summed E-state index contributed by atoms with van der Waals surface area (Å²) in [5, 5.41) is 0. The van der Waals surface area contributed by atoms with Crippen LogP contribution >= 0.6 is 0 Å². The molecule has 1 aliphatic heterocycles. The van der Waals surface area contributed by atoms with Crippen molar-refractivity contribution in [2.75, 3.05) is 26.9 Å². The van der Waals surface area contributed by atoms with Crippen LogP contribution in [0.1, 0.15) is 43.9 Å². The third kappa shape index (κ3) is 5.35. The van der Waals surface area contributed by atoms with Crippen molar-refractivity contribution < 1.29 is 23.7 Å². The summed E-state index contributed by atoms with van der Waals surface area (Å²) < 4.78 is 21.7. The number of methoxy groups -OCH3 is 1. The molecule has 1 heterocycles. The minimum absolute atomic E-state index is 0.0591. The zero-order valence-corrected chi connectivity index (χ0v) is 14.6. The Labute approximate surface area is 143 Å². The highest BCUT2D eigenvalue weighted by Crippen LogP contribution is 2.33. The lowest BCUT2D eigenvalue weighted by atomic mass is 9.97. The highest BCUT2D eigenvalue weighted by atomic mass is 16.6. The van der Waals surface area contributed by atoms with Gasteiger partial charge in [-0.25, -0.2) is 4.79 Å². The van der Waals surface area contributed by atoms with Crippen LogP contribution in [0.25, 0.3) is 6.08 Å². The maximum Gasteiger partial charge on any atom is 0.330 e. The Morgan fingerprint density at radius 1 is 1.42 bits per heavy atom. The first kappa shape index (κ1) is 18.5. The molecule has 0 aliphatic carbocycles. The van der Waals surface area contributed by atoms with E-state index in [2.05, 4.69) is 6.92 Å². The van der Waals surface area contributed by atoms with E-state index in [1.165, 1.54) is 6.08 Å². The summed E-state index contributed by atoms with van der Waals surface area (Å²) in [5.41, 5.74) is 1.86. The molecule has 0 N–H and O–H groups in total. The van der Waals surface area contributed by atoms with E-state index in [1.807, 2.05) is 18.2 Å². The fraction of sp³-hybridized carbons (Fsp3) is 0.526. The fourth-order valence-corrected chi connectivity index (χ4v) is 2.52. The lowest BCUT2D eigenvalue weighted by molar-refractivity contribution is -0.137. The molecule has 0 saturated carbocycles. The molecule has 24 heavy (non-hydrogen) atoms. The summed E-state index contributed by atoms with van der Waals surface area (Å²) in [5.74, 6) is 0.342. The number of epoxide rings is 1. The number of hydrogen-bond acceptors (Lipinski definition) is 5. The van der Waals surface area contributed by atoms with Crippen LogP contribution in [0.2, 0.25) is 0 Å². The van der Waals surface area contributed by atoms with Gasteiger partial charge in [-0.05, 0) is 31.1 Å². The second-order valence-corrected chi connectivity index (χ2v) is 5.61. The summed E-state index contributed by atoms with van der Waals surface area (Å²) in [4.78, 5) is 11.6. The topological polar surface area (TPSA) is 57.3 Å². The monoisotopic (exact) mass is 334 g/mol. The number of esters is 1. The molecule has 1 aliphatic rings. The third-order valence-electron chi connectivity index (χ3n) is 3.78. The van der Waals surface area contributed by atoms with Gasteiger partial charge in [0.2, 0.25) is 0 Å². The van der Waals surface area contributed by atoms with Crippen LogP contribution in [0.4, 0.5) is 0 Å². The molecule has 0 bridgehead atoms. The molecule has 1 saturated heterocycles. The van der Waals surface area contributed by atoms with E-state index in [0.717, 1.165) is 30.6 Å². The Kier molecular flexibility index (Phi) is 7.28. The van der Waals surface area contributed by atoms with Crippen LogP contribution in [0, 0.1) is 0 Å². The molecule has 1 aromatic carbocycles. The lowest BCUT2D eigenvalue weighted by Crippen LogP contribution is -2.11. The molecule has 1 fully saturated rings. The standard InChI is InChI=1S/C19H26O5/c1-4-7-18(24-13-14-12-23-14)15-8-6-9-17(21-3)16(15)10-11-19(20)22-5-2/h6,8-11,14,18H,4-5,7,12-13H2,1-3H3/b11-10+/t14?,18-/m1/s1. The molecule has 5 heteroatoms. The Bertz CT molecular complexity index is 563. The van der Waals surface area contributed by atoms with Gasteiger partial charge in [-0.15, -0.1) is 0 Å². The van der Waals surface area contributed by atoms with E-state index in [1.54, 1.807) is 20.1 Å². The van der Waals surface area contributed by atoms with Gasteiger partial charge in [0.15, 0.2) is 0 Å². The summed E-state index contributed by atoms with van der Waals surface area (Å²) in [6, 6.07) is 5.83. The Morgan fingerprint density at radius 2 is 2.21 bits per heavy atom. The molecule has 5 nitrogen and oxygen atoms in total. The number of benzene rings is 1. The van der Waals surface area contributed by atoms with Gasteiger partial charge >= 0.3 is 5.97 Å². The van der Waals surface area contributed by atoms with Crippen molar-refractivity contribution in [3.05, 3.63) is 35.4 Å². The van der Waals surface area contributed by atoms with Crippen molar-refractivity contribution in [3.8, 4) is 5.75 Å². The SMILES string of the molecule is CCC[C@@H](OCC1CO1)c1cccc(OC)c1/C=C/C(=O)OCC. The second kappa shape index (κ2) is 9.45. The van der Waals surface area contributed by atoms with Crippen LogP contribution in [0.15, 0.2) is 24.3 Å². The first-order valence-corrected chi connectivity index (χ1v) is 8.44. The predicted molar refractivity (Wildman–Crippen MR) is 92.0 cm³/mol. The van der Waals surface area contributed by atoms with Crippen molar-refractivity contribution in [2.24, 2.45) is 0 Å². The maximum absolute atomic E-state index is 11.6. The van der Waals surface area contributed by atoms with Crippen molar-refractivity contribution in [2.45, 2.75) is 38.9 Å². The summed E-state index contributed by atoms with van der Waals surface area (Å²) in [6.45, 7) is 5.62. The minimum Gasteiger partial charge on any atom is -0.496 e. The van der Waals surface area contributed by atoms with E-state index in [-0.39, 0.29) is 18.2 Å². The van der Waals surface area contributed by atoms with Gasteiger partial charge in [-0.3, -0.25) is 0 Å². The average molecular weight is 334 g/mol. The first-order chi connectivity index (χ1) is 11.7. The Morgan fingerprint density at radius 3 is 2.83 bits per heavy atom. The molecule has 1 aromatic rings. The second-order valence-electron chi connectivity index (χ2n) is 5.61. The van der Waals surface area contributed by atoms with Gasteiger partial charge in [0.1, 0.15) is 11.9 Å². The maximum atomic E-state index is 11.6. The number of carbonyl (C=O) groups excluding carboxylic acids is 1. The highest BCUT2D eigenvalue weighted by molar-refractivity contribution is 5.88.